The van der Waals surface area contributed by atoms with E-state index in [0.29, 0.717) is 18.5 Å². The van der Waals surface area contributed by atoms with Gasteiger partial charge in [-0.1, -0.05) is 20.8 Å². The summed E-state index contributed by atoms with van der Waals surface area (Å²) in [5.74, 6) is 0.651. The summed E-state index contributed by atoms with van der Waals surface area (Å²) in [6.07, 6.45) is 0.861. The van der Waals surface area contributed by atoms with Crippen molar-refractivity contribution in [2.45, 2.75) is 53.2 Å². The molecule has 0 radical (unpaired) electrons. The molecule has 0 spiro atoms. The Morgan fingerprint density at radius 1 is 1.12 bits per heavy atom. The maximum atomic E-state index is 9.90. The van der Waals surface area contributed by atoms with Gasteiger partial charge in [0.25, 0.3) is 0 Å². The standard InChI is InChI=1S/C13H30N2O/c1-6-7-14-8-13(16)10-15(12(4)5)9-11(2)3/h11-14,16H,6-10H2,1-5H3. The summed E-state index contributed by atoms with van der Waals surface area (Å²) >= 11 is 0. The van der Waals surface area contributed by atoms with Gasteiger partial charge >= 0.3 is 0 Å². The van der Waals surface area contributed by atoms with Gasteiger partial charge in [0.1, 0.15) is 0 Å². The van der Waals surface area contributed by atoms with E-state index in [1.165, 1.54) is 0 Å². The van der Waals surface area contributed by atoms with Crippen molar-refractivity contribution in [3.05, 3.63) is 0 Å². The van der Waals surface area contributed by atoms with Crippen LogP contribution in [0.1, 0.15) is 41.0 Å². The Hall–Kier alpha value is -0.120. The van der Waals surface area contributed by atoms with E-state index in [0.717, 1.165) is 26.1 Å². The monoisotopic (exact) mass is 230 g/mol. The molecule has 0 saturated heterocycles. The van der Waals surface area contributed by atoms with Crippen molar-refractivity contribution < 1.29 is 5.11 Å². The summed E-state index contributed by atoms with van der Waals surface area (Å²) in [4.78, 5) is 2.35. The third-order valence-electron chi connectivity index (χ3n) is 2.58. The Labute approximate surface area is 101 Å². The van der Waals surface area contributed by atoms with Gasteiger partial charge in [-0.05, 0) is 32.7 Å². The maximum absolute atomic E-state index is 9.90. The normalized spacial score (nSPS) is 14.1. The van der Waals surface area contributed by atoms with Crippen molar-refractivity contribution in [1.82, 2.24) is 10.2 Å². The van der Waals surface area contributed by atoms with Crippen molar-refractivity contribution >= 4 is 0 Å². The van der Waals surface area contributed by atoms with Gasteiger partial charge in [0.2, 0.25) is 0 Å². The van der Waals surface area contributed by atoms with Crippen molar-refractivity contribution in [3.63, 3.8) is 0 Å². The molecule has 0 aliphatic carbocycles. The Balaban J connectivity index is 3.88. The molecule has 0 bridgehead atoms. The Morgan fingerprint density at radius 2 is 1.75 bits per heavy atom. The molecule has 0 saturated carbocycles. The van der Waals surface area contributed by atoms with E-state index in [1.54, 1.807) is 0 Å². The van der Waals surface area contributed by atoms with Crippen LogP contribution in [0.2, 0.25) is 0 Å². The summed E-state index contributed by atoms with van der Waals surface area (Å²) in [6.45, 7) is 14.5. The molecule has 0 aromatic rings. The van der Waals surface area contributed by atoms with Crippen LogP contribution in [0.3, 0.4) is 0 Å². The smallest absolute Gasteiger partial charge is 0.0791 e. The first-order valence-electron chi connectivity index (χ1n) is 6.60. The van der Waals surface area contributed by atoms with Gasteiger partial charge in [-0.15, -0.1) is 0 Å². The second-order valence-corrected chi connectivity index (χ2v) is 5.30. The van der Waals surface area contributed by atoms with E-state index >= 15 is 0 Å². The first-order chi connectivity index (χ1) is 7.47. The molecule has 98 valence electrons. The third kappa shape index (κ3) is 8.08. The lowest BCUT2D eigenvalue weighted by Crippen LogP contribution is -2.43. The highest BCUT2D eigenvalue weighted by molar-refractivity contribution is 4.71. The van der Waals surface area contributed by atoms with E-state index in [-0.39, 0.29) is 6.10 Å². The fourth-order valence-electron chi connectivity index (χ4n) is 1.75. The molecule has 1 unspecified atom stereocenters. The number of nitrogens with zero attached hydrogens (tertiary/aromatic N) is 1. The van der Waals surface area contributed by atoms with Gasteiger partial charge in [-0.3, -0.25) is 4.90 Å². The van der Waals surface area contributed by atoms with E-state index in [1.807, 2.05) is 0 Å². The second kappa shape index (κ2) is 8.97. The number of aliphatic hydroxyl groups is 1. The first kappa shape index (κ1) is 15.9. The summed E-state index contributed by atoms with van der Waals surface area (Å²) in [5, 5.41) is 13.2. The van der Waals surface area contributed by atoms with Gasteiger partial charge < -0.3 is 10.4 Å². The Kier molecular flexibility index (Phi) is 8.90. The van der Waals surface area contributed by atoms with Gasteiger partial charge in [0, 0.05) is 25.7 Å². The van der Waals surface area contributed by atoms with E-state index < -0.39 is 0 Å². The van der Waals surface area contributed by atoms with Crippen LogP contribution >= 0.6 is 0 Å². The average Bonchev–Trinajstić information content (AvgIpc) is 2.16. The molecule has 3 heteroatoms. The molecular weight excluding hydrogens is 200 g/mol. The van der Waals surface area contributed by atoms with Crippen molar-refractivity contribution in [2.75, 3.05) is 26.2 Å². The molecule has 0 aromatic heterocycles. The SMILES string of the molecule is CCCNCC(O)CN(CC(C)C)C(C)C. The van der Waals surface area contributed by atoms with E-state index in [2.05, 4.69) is 44.8 Å². The molecular formula is C13H30N2O. The van der Waals surface area contributed by atoms with Crippen LogP contribution in [0.25, 0.3) is 0 Å². The highest BCUT2D eigenvalue weighted by atomic mass is 16.3. The van der Waals surface area contributed by atoms with Crippen LogP contribution in [0, 0.1) is 5.92 Å². The number of hydrogen-bond acceptors (Lipinski definition) is 3. The second-order valence-electron chi connectivity index (χ2n) is 5.30. The van der Waals surface area contributed by atoms with E-state index in [4.69, 9.17) is 0 Å². The summed E-state index contributed by atoms with van der Waals surface area (Å²) in [6, 6.07) is 0.503. The van der Waals surface area contributed by atoms with Crippen molar-refractivity contribution in [3.8, 4) is 0 Å². The van der Waals surface area contributed by atoms with Crippen molar-refractivity contribution in [2.24, 2.45) is 5.92 Å². The minimum absolute atomic E-state index is 0.257. The zero-order chi connectivity index (χ0) is 12.6. The Bertz CT molecular complexity index is 160. The molecule has 3 nitrogen and oxygen atoms in total. The lowest BCUT2D eigenvalue weighted by molar-refractivity contribution is 0.0872. The van der Waals surface area contributed by atoms with Crippen LogP contribution in [-0.4, -0.2) is 48.3 Å². The average molecular weight is 230 g/mol. The van der Waals surface area contributed by atoms with Gasteiger partial charge in [0.15, 0.2) is 0 Å². The summed E-state index contributed by atoms with van der Waals surface area (Å²) in [5.41, 5.74) is 0. The lowest BCUT2D eigenvalue weighted by Gasteiger charge is -2.30. The van der Waals surface area contributed by atoms with Gasteiger partial charge in [-0.25, -0.2) is 0 Å². The molecule has 1 atom stereocenters. The number of aliphatic hydroxyl groups excluding tert-OH is 1. The predicted octanol–water partition coefficient (Wildman–Crippen LogP) is 1.71. The fourth-order valence-corrected chi connectivity index (χ4v) is 1.75. The highest BCUT2D eigenvalue weighted by Crippen LogP contribution is 2.05. The minimum Gasteiger partial charge on any atom is -0.390 e. The third-order valence-corrected chi connectivity index (χ3v) is 2.58. The molecule has 0 rings (SSSR count). The van der Waals surface area contributed by atoms with Gasteiger partial charge in [-0.2, -0.15) is 0 Å². The Morgan fingerprint density at radius 3 is 2.19 bits per heavy atom. The van der Waals surface area contributed by atoms with Crippen LogP contribution in [0.15, 0.2) is 0 Å². The molecule has 0 aliphatic rings. The number of nitrogens with one attached hydrogen (secondary N) is 1. The van der Waals surface area contributed by atoms with Crippen LogP contribution in [0.4, 0.5) is 0 Å². The zero-order valence-corrected chi connectivity index (χ0v) is 11.7. The summed E-state index contributed by atoms with van der Waals surface area (Å²) in [7, 11) is 0. The summed E-state index contributed by atoms with van der Waals surface area (Å²) < 4.78 is 0. The molecule has 0 heterocycles. The fraction of sp³-hybridized carbons (Fsp3) is 1.00. The number of rotatable bonds is 9. The molecule has 16 heavy (non-hydrogen) atoms. The molecule has 0 fully saturated rings. The quantitative estimate of drug-likeness (QED) is 0.592. The van der Waals surface area contributed by atoms with Crippen molar-refractivity contribution in [1.29, 1.82) is 0 Å². The van der Waals surface area contributed by atoms with Gasteiger partial charge in [0.05, 0.1) is 6.10 Å². The van der Waals surface area contributed by atoms with Crippen LogP contribution in [0.5, 0.6) is 0 Å². The van der Waals surface area contributed by atoms with E-state index in [9.17, 15) is 5.11 Å². The maximum Gasteiger partial charge on any atom is 0.0791 e. The molecule has 2 N–H and O–H groups in total. The zero-order valence-electron chi connectivity index (χ0n) is 11.7. The molecule has 0 aromatic carbocycles. The number of hydrogen-bond donors (Lipinski definition) is 2. The molecule has 0 amide bonds. The first-order valence-corrected chi connectivity index (χ1v) is 6.60. The topological polar surface area (TPSA) is 35.5 Å². The van der Waals surface area contributed by atoms with Crippen LogP contribution in [-0.2, 0) is 0 Å². The molecule has 0 aliphatic heterocycles. The van der Waals surface area contributed by atoms with Crippen LogP contribution < -0.4 is 5.32 Å². The highest BCUT2D eigenvalue weighted by Gasteiger charge is 2.15. The largest absolute Gasteiger partial charge is 0.390 e. The minimum atomic E-state index is -0.257. The predicted molar refractivity (Wildman–Crippen MR) is 70.7 cm³/mol. The lowest BCUT2D eigenvalue weighted by atomic mass is 10.1.